The van der Waals surface area contributed by atoms with Crippen molar-refractivity contribution in [1.29, 1.82) is 0 Å². The third kappa shape index (κ3) is 2.53. The van der Waals surface area contributed by atoms with Gasteiger partial charge in [-0.3, -0.25) is 0 Å². The molecule has 0 saturated carbocycles. The largest absolute Gasteiger partial charge is 0.399 e. The second kappa shape index (κ2) is 5.02. The van der Waals surface area contributed by atoms with Crippen LogP contribution in [0.5, 0.6) is 0 Å². The number of hydrogen-bond acceptors (Lipinski definition) is 3. The standard InChI is InChI=1S/C16H14ClN3/c1-10-2-5-13(9-14(10)17)19-16-7-3-11-8-12(18)4-6-15(11)20-16/h2-9H,18H2,1H3,(H,19,20). The third-order valence-electron chi connectivity index (χ3n) is 3.16. The number of hydrogen-bond donors (Lipinski definition) is 2. The normalized spacial score (nSPS) is 10.7. The summed E-state index contributed by atoms with van der Waals surface area (Å²) in [6.07, 6.45) is 0. The van der Waals surface area contributed by atoms with Crippen LogP contribution in [0.4, 0.5) is 17.2 Å². The molecular weight excluding hydrogens is 270 g/mol. The lowest BCUT2D eigenvalue weighted by Gasteiger charge is -2.08. The van der Waals surface area contributed by atoms with Gasteiger partial charge in [0.15, 0.2) is 0 Å². The second-order valence-corrected chi connectivity index (χ2v) is 5.14. The lowest BCUT2D eigenvalue weighted by atomic mass is 10.2. The van der Waals surface area contributed by atoms with Crippen molar-refractivity contribution in [3.63, 3.8) is 0 Å². The number of rotatable bonds is 2. The van der Waals surface area contributed by atoms with E-state index in [4.69, 9.17) is 17.3 Å². The quantitative estimate of drug-likeness (QED) is 0.680. The number of benzene rings is 2. The van der Waals surface area contributed by atoms with E-state index in [-0.39, 0.29) is 0 Å². The minimum Gasteiger partial charge on any atom is -0.399 e. The molecule has 2 aromatic carbocycles. The summed E-state index contributed by atoms with van der Waals surface area (Å²) >= 11 is 6.12. The van der Waals surface area contributed by atoms with Crippen molar-refractivity contribution in [3.8, 4) is 0 Å². The number of nitrogen functional groups attached to an aromatic ring is 1. The Labute approximate surface area is 122 Å². The summed E-state index contributed by atoms with van der Waals surface area (Å²) in [6, 6.07) is 15.5. The molecule has 0 aliphatic carbocycles. The van der Waals surface area contributed by atoms with E-state index in [9.17, 15) is 0 Å². The van der Waals surface area contributed by atoms with Crippen molar-refractivity contribution in [1.82, 2.24) is 4.98 Å². The predicted octanol–water partition coefficient (Wildman–Crippen LogP) is 4.52. The van der Waals surface area contributed by atoms with Gasteiger partial charge >= 0.3 is 0 Å². The van der Waals surface area contributed by atoms with E-state index in [1.165, 1.54) is 0 Å². The van der Waals surface area contributed by atoms with Gasteiger partial charge in [-0.25, -0.2) is 4.98 Å². The maximum atomic E-state index is 6.12. The summed E-state index contributed by atoms with van der Waals surface area (Å²) in [7, 11) is 0. The highest BCUT2D eigenvalue weighted by Gasteiger charge is 2.01. The first kappa shape index (κ1) is 12.8. The number of aryl methyl sites for hydroxylation is 1. The first-order valence-corrected chi connectivity index (χ1v) is 6.69. The molecule has 0 fully saturated rings. The van der Waals surface area contributed by atoms with Crippen molar-refractivity contribution in [2.75, 3.05) is 11.1 Å². The molecule has 0 unspecified atom stereocenters. The van der Waals surface area contributed by atoms with Crippen LogP contribution in [0, 0.1) is 6.92 Å². The summed E-state index contributed by atoms with van der Waals surface area (Å²) in [5.41, 5.74) is 9.38. The number of nitrogens with zero attached hydrogens (tertiary/aromatic N) is 1. The van der Waals surface area contributed by atoms with Crippen molar-refractivity contribution >= 4 is 39.7 Å². The van der Waals surface area contributed by atoms with Gasteiger partial charge < -0.3 is 11.1 Å². The fraction of sp³-hybridized carbons (Fsp3) is 0.0625. The first-order chi connectivity index (χ1) is 9.61. The van der Waals surface area contributed by atoms with Gasteiger partial charge in [0.1, 0.15) is 5.82 Å². The van der Waals surface area contributed by atoms with Gasteiger partial charge in [-0.2, -0.15) is 0 Å². The van der Waals surface area contributed by atoms with Gasteiger partial charge in [-0.05, 0) is 55.0 Å². The van der Waals surface area contributed by atoms with Crippen LogP contribution in [0.15, 0.2) is 48.5 Å². The third-order valence-corrected chi connectivity index (χ3v) is 3.56. The Morgan fingerprint density at radius 1 is 1.05 bits per heavy atom. The Morgan fingerprint density at radius 3 is 2.70 bits per heavy atom. The zero-order chi connectivity index (χ0) is 14.1. The van der Waals surface area contributed by atoms with Crippen LogP contribution >= 0.6 is 11.6 Å². The first-order valence-electron chi connectivity index (χ1n) is 6.31. The van der Waals surface area contributed by atoms with Crippen molar-refractivity contribution in [3.05, 3.63) is 59.1 Å². The number of fused-ring (bicyclic) bond motifs is 1. The maximum absolute atomic E-state index is 6.12. The summed E-state index contributed by atoms with van der Waals surface area (Å²) < 4.78 is 0. The highest BCUT2D eigenvalue weighted by atomic mass is 35.5. The summed E-state index contributed by atoms with van der Waals surface area (Å²) in [4.78, 5) is 4.55. The smallest absolute Gasteiger partial charge is 0.131 e. The van der Waals surface area contributed by atoms with Gasteiger partial charge in [0, 0.05) is 21.8 Å². The second-order valence-electron chi connectivity index (χ2n) is 4.74. The average Bonchev–Trinajstić information content (AvgIpc) is 2.43. The van der Waals surface area contributed by atoms with Gasteiger partial charge in [-0.15, -0.1) is 0 Å². The summed E-state index contributed by atoms with van der Waals surface area (Å²) in [5.74, 6) is 0.780. The number of halogens is 1. The maximum Gasteiger partial charge on any atom is 0.131 e. The highest BCUT2D eigenvalue weighted by molar-refractivity contribution is 6.31. The summed E-state index contributed by atoms with van der Waals surface area (Å²) in [6.45, 7) is 1.98. The molecule has 0 spiro atoms. The fourth-order valence-corrected chi connectivity index (χ4v) is 2.21. The van der Waals surface area contributed by atoms with Crippen LogP contribution in [-0.2, 0) is 0 Å². The average molecular weight is 284 g/mol. The van der Waals surface area contributed by atoms with Gasteiger partial charge in [-0.1, -0.05) is 17.7 Å². The number of anilines is 3. The van der Waals surface area contributed by atoms with Crippen LogP contribution < -0.4 is 11.1 Å². The van der Waals surface area contributed by atoms with Gasteiger partial charge in [0.05, 0.1) is 5.52 Å². The molecule has 0 aliphatic rings. The number of pyridine rings is 1. The van der Waals surface area contributed by atoms with E-state index >= 15 is 0 Å². The number of nitrogens with one attached hydrogen (secondary N) is 1. The molecule has 1 aromatic heterocycles. The van der Waals surface area contributed by atoms with E-state index in [1.807, 2.05) is 55.5 Å². The molecule has 0 saturated heterocycles. The van der Waals surface area contributed by atoms with Crippen molar-refractivity contribution in [2.45, 2.75) is 6.92 Å². The van der Waals surface area contributed by atoms with Crippen LogP contribution in [0.25, 0.3) is 10.9 Å². The minimum atomic E-state index is 0.739. The van der Waals surface area contributed by atoms with E-state index in [2.05, 4.69) is 10.3 Å². The molecule has 0 atom stereocenters. The Hall–Kier alpha value is -2.26. The molecule has 0 amide bonds. The molecule has 4 heteroatoms. The van der Waals surface area contributed by atoms with Crippen LogP contribution in [-0.4, -0.2) is 4.98 Å². The molecule has 0 bridgehead atoms. The lowest BCUT2D eigenvalue weighted by molar-refractivity contribution is 1.36. The Kier molecular flexibility index (Phi) is 3.20. The predicted molar refractivity (Wildman–Crippen MR) is 85.6 cm³/mol. The molecule has 0 radical (unpaired) electrons. The Morgan fingerprint density at radius 2 is 1.90 bits per heavy atom. The van der Waals surface area contributed by atoms with Crippen molar-refractivity contribution < 1.29 is 0 Å². The molecule has 20 heavy (non-hydrogen) atoms. The van der Waals surface area contributed by atoms with Crippen LogP contribution in [0.3, 0.4) is 0 Å². The van der Waals surface area contributed by atoms with E-state index in [0.29, 0.717) is 0 Å². The zero-order valence-corrected chi connectivity index (χ0v) is 11.8. The number of aromatic nitrogens is 1. The van der Waals surface area contributed by atoms with E-state index in [0.717, 1.165) is 38.7 Å². The van der Waals surface area contributed by atoms with Crippen molar-refractivity contribution in [2.24, 2.45) is 0 Å². The molecule has 3 rings (SSSR count). The fourth-order valence-electron chi connectivity index (χ4n) is 2.03. The zero-order valence-electron chi connectivity index (χ0n) is 11.0. The molecule has 0 aliphatic heterocycles. The molecule has 3 nitrogen and oxygen atoms in total. The molecule has 3 aromatic rings. The van der Waals surface area contributed by atoms with Gasteiger partial charge in [0.25, 0.3) is 0 Å². The SMILES string of the molecule is Cc1ccc(Nc2ccc3cc(N)ccc3n2)cc1Cl. The van der Waals surface area contributed by atoms with E-state index in [1.54, 1.807) is 0 Å². The van der Waals surface area contributed by atoms with Gasteiger partial charge in [0.2, 0.25) is 0 Å². The highest BCUT2D eigenvalue weighted by Crippen LogP contribution is 2.24. The topological polar surface area (TPSA) is 50.9 Å². The van der Waals surface area contributed by atoms with Crippen LogP contribution in [0.2, 0.25) is 5.02 Å². The number of nitrogens with two attached hydrogens (primary N) is 1. The Balaban J connectivity index is 1.94. The summed E-state index contributed by atoms with van der Waals surface area (Å²) in [5, 5.41) is 5.02. The monoisotopic (exact) mass is 283 g/mol. The van der Waals surface area contributed by atoms with Crippen LogP contribution in [0.1, 0.15) is 5.56 Å². The minimum absolute atomic E-state index is 0.739. The molecule has 100 valence electrons. The molecular formula is C16H14ClN3. The molecule has 3 N–H and O–H groups in total. The Bertz CT molecular complexity index is 784. The molecule has 1 heterocycles. The van der Waals surface area contributed by atoms with E-state index < -0.39 is 0 Å². The lowest BCUT2D eigenvalue weighted by Crippen LogP contribution is -1.94.